The van der Waals surface area contributed by atoms with Crippen LogP contribution >= 0.6 is 0 Å². The molecular formula is C19H12N6O. The van der Waals surface area contributed by atoms with Gasteiger partial charge in [0.2, 0.25) is 0 Å². The third-order valence-corrected chi connectivity index (χ3v) is 3.42. The average Bonchev–Trinajstić information content (AvgIpc) is 2.69. The fraction of sp³-hybridized carbons (Fsp3) is 0. The molecule has 7 nitrogen and oxygen atoms in total. The van der Waals surface area contributed by atoms with Gasteiger partial charge in [-0.15, -0.1) is 0 Å². The van der Waals surface area contributed by atoms with Crippen LogP contribution in [0.1, 0.15) is 21.6 Å². The van der Waals surface area contributed by atoms with E-state index in [9.17, 15) is 4.79 Å². The molecule has 1 aromatic heterocycles. The number of amides is 1. The summed E-state index contributed by atoms with van der Waals surface area (Å²) in [7, 11) is 0. The number of rotatable bonds is 4. The minimum absolute atomic E-state index is 0.158. The predicted octanol–water partition coefficient (Wildman–Crippen LogP) is 3.22. The molecule has 0 bridgehead atoms. The lowest BCUT2D eigenvalue weighted by atomic mass is 10.2. The van der Waals surface area contributed by atoms with Crippen LogP contribution in [0.3, 0.4) is 0 Å². The molecule has 0 spiro atoms. The monoisotopic (exact) mass is 340 g/mol. The van der Waals surface area contributed by atoms with Gasteiger partial charge < -0.3 is 10.6 Å². The van der Waals surface area contributed by atoms with Crippen molar-refractivity contribution < 1.29 is 4.79 Å². The number of anilines is 3. The zero-order valence-corrected chi connectivity index (χ0v) is 13.5. The standard InChI is InChI=1S/C19H12N6O/c20-9-13-4-6-15(7-5-13)25-19(26)17-11-23-18(12-22-17)24-16-3-1-2-14(8-16)10-21/h1-8,11-12H,(H,23,24)(H,25,26). The lowest BCUT2D eigenvalue weighted by Gasteiger charge is -2.07. The number of nitriles is 2. The van der Waals surface area contributed by atoms with E-state index in [-0.39, 0.29) is 5.69 Å². The van der Waals surface area contributed by atoms with Gasteiger partial charge in [-0.3, -0.25) is 4.79 Å². The van der Waals surface area contributed by atoms with Crippen LogP contribution in [0.25, 0.3) is 0 Å². The van der Waals surface area contributed by atoms with Crippen LogP contribution in [0.15, 0.2) is 60.9 Å². The lowest BCUT2D eigenvalue weighted by molar-refractivity contribution is 0.102. The molecule has 0 aliphatic rings. The molecule has 0 unspecified atom stereocenters. The Hall–Kier alpha value is -4.23. The van der Waals surface area contributed by atoms with E-state index >= 15 is 0 Å². The topological polar surface area (TPSA) is 114 Å². The maximum Gasteiger partial charge on any atom is 0.275 e. The van der Waals surface area contributed by atoms with Crippen LogP contribution in [0.2, 0.25) is 0 Å². The van der Waals surface area contributed by atoms with Gasteiger partial charge in [0.05, 0.1) is 35.7 Å². The molecule has 0 saturated carbocycles. The maximum atomic E-state index is 12.2. The fourth-order valence-electron chi connectivity index (χ4n) is 2.15. The van der Waals surface area contributed by atoms with Crippen molar-refractivity contribution in [2.24, 2.45) is 0 Å². The molecule has 0 aliphatic carbocycles. The summed E-state index contributed by atoms with van der Waals surface area (Å²) >= 11 is 0. The maximum absolute atomic E-state index is 12.2. The van der Waals surface area contributed by atoms with E-state index in [1.807, 2.05) is 6.07 Å². The Morgan fingerprint density at radius 1 is 0.885 bits per heavy atom. The second-order valence-corrected chi connectivity index (χ2v) is 5.25. The molecule has 0 fully saturated rings. The van der Waals surface area contributed by atoms with Crippen molar-refractivity contribution in [2.45, 2.75) is 0 Å². The van der Waals surface area contributed by atoms with Crippen molar-refractivity contribution in [1.29, 1.82) is 10.5 Å². The summed E-state index contributed by atoms with van der Waals surface area (Å²) in [5.74, 6) is 0.0512. The van der Waals surface area contributed by atoms with Gasteiger partial charge in [-0.05, 0) is 42.5 Å². The average molecular weight is 340 g/mol. The number of aromatic nitrogens is 2. The van der Waals surface area contributed by atoms with Gasteiger partial charge in [0, 0.05) is 11.4 Å². The van der Waals surface area contributed by atoms with E-state index < -0.39 is 5.91 Å². The molecule has 26 heavy (non-hydrogen) atoms. The molecule has 1 heterocycles. The molecule has 3 aromatic rings. The molecule has 0 aliphatic heterocycles. The van der Waals surface area contributed by atoms with Crippen LogP contribution in [0.5, 0.6) is 0 Å². The van der Waals surface area contributed by atoms with Gasteiger partial charge in [0.25, 0.3) is 5.91 Å². The van der Waals surface area contributed by atoms with Crippen LogP contribution in [-0.2, 0) is 0 Å². The molecule has 124 valence electrons. The summed E-state index contributed by atoms with van der Waals surface area (Å²) in [6, 6.07) is 17.5. The van der Waals surface area contributed by atoms with Gasteiger partial charge in [-0.2, -0.15) is 10.5 Å². The van der Waals surface area contributed by atoms with Gasteiger partial charge in [-0.1, -0.05) is 6.07 Å². The SMILES string of the molecule is N#Cc1ccc(NC(=O)c2cnc(Nc3cccc(C#N)c3)cn2)cc1. The summed E-state index contributed by atoms with van der Waals surface area (Å²) in [4.78, 5) is 20.4. The molecule has 0 saturated heterocycles. The molecule has 2 N–H and O–H groups in total. The zero-order valence-electron chi connectivity index (χ0n) is 13.5. The second-order valence-electron chi connectivity index (χ2n) is 5.25. The lowest BCUT2D eigenvalue weighted by Crippen LogP contribution is -2.14. The summed E-state index contributed by atoms with van der Waals surface area (Å²) in [5, 5.41) is 23.4. The molecule has 2 aromatic carbocycles. The molecule has 3 rings (SSSR count). The van der Waals surface area contributed by atoms with E-state index in [4.69, 9.17) is 10.5 Å². The van der Waals surface area contributed by atoms with Crippen molar-refractivity contribution in [1.82, 2.24) is 9.97 Å². The van der Waals surface area contributed by atoms with Gasteiger partial charge in [-0.25, -0.2) is 9.97 Å². The molecular weight excluding hydrogens is 328 g/mol. The highest BCUT2D eigenvalue weighted by Gasteiger charge is 2.09. The first kappa shape index (κ1) is 16.6. The molecule has 1 amide bonds. The first-order chi connectivity index (χ1) is 12.7. The Kier molecular flexibility index (Phi) is 4.83. The first-order valence-electron chi connectivity index (χ1n) is 7.59. The fourth-order valence-corrected chi connectivity index (χ4v) is 2.15. The summed E-state index contributed by atoms with van der Waals surface area (Å²) in [6.45, 7) is 0. The Morgan fingerprint density at radius 2 is 1.65 bits per heavy atom. The minimum Gasteiger partial charge on any atom is -0.339 e. The highest BCUT2D eigenvalue weighted by molar-refractivity contribution is 6.02. The van der Waals surface area contributed by atoms with Crippen LogP contribution in [0, 0.1) is 22.7 Å². The number of hydrogen-bond donors (Lipinski definition) is 2. The first-order valence-corrected chi connectivity index (χ1v) is 7.59. The number of carbonyl (C=O) groups excluding carboxylic acids is 1. The van der Waals surface area contributed by atoms with Crippen molar-refractivity contribution in [3.8, 4) is 12.1 Å². The van der Waals surface area contributed by atoms with Crippen molar-refractivity contribution in [3.63, 3.8) is 0 Å². The summed E-state index contributed by atoms with van der Waals surface area (Å²) in [6.07, 6.45) is 2.79. The number of carbonyl (C=O) groups is 1. The molecule has 0 atom stereocenters. The summed E-state index contributed by atoms with van der Waals surface area (Å²) in [5.41, 5.74) is 2.46. The Morgan fingerprint density at radius 3 is 2.31 bits per heavy atom. The number of benzene rings is 2. The van der Waals surface area contributed by atoms with E-state index in [1.165, 1.54) is 12.4 Å². The third kappa shape index (κ3) is 3.99. The smallest absolute Gasteiger partial charge is 0.275 e. The number of hydrogen-bond acceptors (Lipinski definition) is 6. The van der Waals surface area contributed by atoms with E-state index in [1.54, 1.807) is 48.5 Å². The predicted molar refractivity (Wildman–Crippen MR) is 95.6 cm³/mol. The quantitative estimate of drug-likeness (QED) is 0.753. The molecule has 0 radical (unpaired) electrons. The number of nitrogens with zero attached hydrogens (tertiary/aromatic N) is 4. The third-order valence-electron chi connectivity index (χ3n) is 3.42. The van der Waals surface area contributed by atoms with Gasteiger partial charge in [0.1, 0.15) is 11.5 Å². The normalized spacial score (nSPS) is 9.62. The Bertz CT molecular complexity index is 1010. The zero-order chi connectivity index (χ0) is 18.4. The van der Waals surface area contributed by atoms with Crippen molar-refractivity contribution in [2.75, 3.05) is 10.6 Å². The van der Waals surface area contributed by atoms with E-state index in [0.29, 0.717) is 28.3 Å². The highest BCUT2D eigenvalue weighted by atomic mass is 16.1. The summed E-state index contributed by atoms with van der Waals surface area (Å²) < 4.78 is 0. The minimum atomic E-state index is -0.403. The Labute approximate surface area is 149 Å². The van der Waals surface area contributed by atoms with Crippen LogP contribution in [-0.4, -0.2) is 15.9 Å². The highest BCUT2D eigenvalue weighted by Crippen LogP contribution is 2.15. The van der Waals surface area contributed by atoms with Gasteiger partial charge >= 0.3 is 0 Å². The van der Waals surface area contributed by atoms with Crippen molar-refractivity contribution >= 4 is 23.1 Å². The Balaban J connectivity index is 1.67. The van der Waals surface area contributed by atoms with E-state index in [2.05, 4.69) is 26.7 Å². The van der Waals surface area contributed by atoms with E-state index in [0.717, 1.165) is 0 Å². The van der Waals surface area contributed by atoms with Gasteiger partial charge in [0.15, 0.2) is 0 Å². The largest absolute Gasteiger partial charge is 0.339 e. The molecule has 7 heteroatoms. The second kappa shape index (κ2) is 7.56. The number of nitrogens with one attached hydrogen (secondary N) is 2. The van der Waals surface area contributed by atoms with Crippen molar-refractivity contribution in [3.05, 3.63) is 77.7 Å². The van der Waals surface area contributed by atoms with Crippen LogP contribution < -0.4 is 10.6 Å². The van der Waals surface area contributed by atoms with Crippen LogP contribution in [0.4, 0.5) is 17.2 Å².